The van der Waals surface area contributed by atoms with Gasteiger partial charge in [0.25, 0.3) is 0 Å². The van der Waals surface area contributed by atoms with E-state index < -0.39 is 11.9 Å². The van der Waals surface area contributed by atoms with Crippen molar-refractivity contribution in [3.8, 4) is 17.2 Å². The standard InChI is InChI=1S/C28H31N3O3S.C2H2O4/c1-31(17-15-21-9-14-26(32-2)27(19-21)33-3)16-6-18-34-22-10-12-23(13-11-22)35-28-20-29-30-25-8-5-4-7-24(25)28;3-1(4)2(5)6/h4-5,7-14,19-20H,6,15-18H2,1-3H3;(H,3,4)(H,5,6). The van der Waals surface area contributed by atoms with E-state index in [-0.39, 0.29) is 0 Å². The number of hydrogen-bond acceptors (Lipinski definition) is 9. The molecule has 0 amide bonds. The third kappa shape index (κ3) is 9.96. The molecule has 0 radical (unpaired) electrons. The van der Waals surface area contributed by atoms with Gasteiger partial charge < -0.3 is 29.3 Å². The highest BCUT2D eigenvalue weighted by atomic mass is 32.2. The zero-order valence-electron chi connectivity index (χ0n) is 23.1. The molecule has 0 atom stereocenters. The van der Waals surface area contributed by atoms with Crippen molar-refractivity contribution in [1.29, 1.82) is 0 Å². The van der Waals surface area contributed by atoms with E-state index in [1.807, 2.05) is 48.7 Å². The Kier molecular flexibility index (Phi) is 12.2. The fourth-order valence-electron chi connectivity index (χ4n) is 3.79. The summed E-state index contributed by atoms with van der Waals surface area (Å²) in [6.45, 7) is 2.63. The van der Waals surface area contributed by atoms with Gasteiger partial charge in [-0.3, -0.25) is 0 Å². The lowest BCUT2D eigenvalue weighted by atomic mass is 10.1. The van der Waals surface area contributed by atoms with Crippen LogP contribution < -0.4 is 14.2 Å². The van der Waals surface area contributed by atoms with Crippen molar-refractivity contribution in [2.75, 3.05) is 41.0 Å². The molecule has 0 unspecified atom stereocenters. The van der Waals surface area contributed by atoms with E-state index in [4.69, 9.17) is 34.0 Å². The summed E-state index contributed by atoms with van der Waals surface area (Å²) in [7, 11) is 5.47. The molecule has 4 rings (SSSR count). The summed E-state index contributed by atoms with van der Waals surface area (Å²) in [4.78, 5) is 22.8. The number of aromatic nitrogens is 2. The Bertz CT molecular complexity index is 1420. The lowest BCUT2D eigenvalue weighted by Crippen LogP contribution is -2.23. The number of rotatable bonds is 12. The number of methoxy groups -OCH3 is 2. The molecule has 3 aromatic carbocycles. The monoisotopic (exact) mass is 579 g/mol. The molecule has 11 heteroatoms. The third-order valence-electron chi connectivity index (χ3n) is 5.93. The Labute approximate surface area is 242 Å². The molecule has 0 aliphatic heterocycles. The first-order valence-corrected chi connectivity index (χ1v) is 13.6. The van der Waals surface area contributed by atoms with Gasteiger partial charge in [-0.15, -0.1) is 0 Å². The minimum atomic E-state index is -1.82. The number of aliphatic carboxylic acids is 2. The van der Waals surface area contributed by atoms with Gasteiger partial charge >= 0.3 is 11.9 Å². The third-order valence-corrected chi connectivity index (χ3v) is 6.98. The van der Waals surface area contributed by atoms with Crippen molar-refractivity contribution < 1.29 is 34.0 Å². The highest BCUT2D eigenvalue weighted by molar-refractivity contribution is 7.99. The molecule has 0 saturated carbocycles. The van der Waals surface area contributed by atoms with Gasteiger partial charge in [0.1, 0.15) is 5.75 Å². The van der Waals surface area contributed by atoms with Crippen LogP contribution in [0.1, 0.15) is 12.0 Å². The molecule has 2 N–H and O–H groups in total. The summed E-state index contributed by atoms with van der Waals surface area (Å²) < 4.78 is 16.7. The van der Waals surface area contributed by atoms with Crippen LogP contribution in [-0.2, 0) is 16.0 Å². The average molecular weight is 580 g/mol. The predicted octanol–water partition coefficient (Wildman–Crippen LogP) is 4.90. The van der Waals surface area contributed by atoms with E-state index in [0.717, 1.165) is 63.9 Å². The molecule has 0 bridgehead atoms. The molecule has 0 fully saturated rings. The summed E-state index contributed by atoms with van der Waals surface area (Å²) in [6, 6.07) is 22.4. The van der Waals surface area contributed by atoms with E-state index in [0.29, 0.717) is 6.61 Å². The fraction of sp³-hybridized carbons (Fsp3) is 0.267. The van der Waals surface area contributed by atoms with Crippen LogP contribution in [-0.4, -0.2) is 78.2 Å². The van der Waals surface area contributed by atoms with Gasteiger partial charge in [-0.25, -0.2) is 9.59 Å². The van der Waals surface area contributed by atoms with E-state index in [1.54, 1.807) is 26.0 Å². The number of nitrogens with zero attached hydrogens (tertiary/aromatic N) is 3. The van der Waals surface area contributed by atoms with Crippen LogP contribution in [0.2, 0.25) is 0 Å². The summed E-state index contributed by atoms with van der Waals surface area (Å²) in [5.41, 5.74) is 2.14. The number of likely N-dealkylation sites (N-methyl/N-ethyl adjacent to an activating group) is 1. The maximum atomic E-state index is 9.10. The SMILES string of the molecule is COc1ccc(CCN(C)CCCOc2ccc(Sc3cnnc4ccccc34)cc2)cc1OC.O=C(O)C(=O)O. The molecule has 0 saturated heterocycles. The van der Waals surface area contributed by atoms with Crippen LogP contribution >= 0.6 is 11.8 Å². The molecule has 1 aromatic heterocycles. The number of carboxylic acid groups (broad SMARTS) is 2. The summed E-state index contributed by atoms with van der Waals surface area (Å²) in [5, 5.41) is 24.2. The Balaban J connectivity index is 0.000000696. The topological polar surface area (TPSA) is 131 Å². The summed E-state index contributed by atoms with van der Waals surface area (Å²) in [5.74, 6) is -1.22. The molecule has 0 spiro atoms. The first kappa shape index (κ1) is 31.2. The Hall–Kier alpha value is -4.35. The predicted molar refractivity (Wildman–Crippen MR) is 156 cm³/mol. The van der Waals surface area contributed by atoms with Crippen LogP contribution in [0, 0.1) is 0 Å². The molecular formula is C30H33N3O7S. The van der Waals surface area contributed by atoms with E-state index in [2.05, 4.69) is 46.4 Å². The molecule has 0 aliphatic rings. The second-order valence-corrected chi connectivity index (χ2v) is 9.97. The Morgan fingerprint density at radius 3 is 2.29 bits per heavy atom. The average Bonchev–Trinajstić information content (AvgIpc) is 2.99. The minimum absolute atomic E-state index is 0.687. The second-order valence-electron chi connectivity index (χ2n) is 8.85. The molecule has 10 nitrogen and oxygen atoms in total. The number of fused-ring (bicyclic) bond motifs is 1. The number of hydrogen-bond donors (Lipinski definition) is 2. The van der Waals surface area contributed by atoms with Crippen molar-refractivity contribution in [3.05, 3.63) is 78.5 Å². The van der Waals surface area contributed by atoms with E-state index in [1.165, 1.54) is 5.56 Å². The number of ether oxygens (including phenoxy) is 3. The summed E-state index contributed by atoms with van der Waals surface area (Å²) in [6.07, 6.45) is 3.74. The van der Waals surface area contributed by atoms with Gasteiger partial charge in [-0.2, -0.15) is 10.2 Å². The zero-order chi connectivity index (χ0) is 29.6. The van der Waals surface area contributed by atoms with E-state index >= 15 is 0 Å². The molecule has 0 aliphatic carbocycles. The molecule has 4 aromatic rings. The van der Waals surface area contributed by atoms with Crippen molar-refractivity contribution in [2.24, 2.45) is 0 Å². The number of carbonyl (C=O) groups is 2. The van der Waals surface area contributed by atoms with Gasteiger partial charge in [-0.05, 0) is 67.9 Å². The quantitative estimate of drug-likeness (QED) is 0.176. The summed E-state index contributed by atoms with van der Waals surface area (Å²) >= 11 is 1.69. The highest BCUT2D eigenvalue weighted by Crippen LogP contribution is 2.33. The van der Waals surface area contributed by atoms with Crippen LogP contribution in [0.4, 0.5) is 0 Å². The van der Waals surface area contributed by atoms with Crippen LogP contribution in [0.3, 0.4) is 0 Å². The van der Waals surface area contributed by atoms with Crippen molar-refractivity contribution >= 4 is 34.6 Å². The van der Waals surface area contributed by atoms with Gasteiger partial charge in [0, 0.05) is 28.3 Å². The first-order valence-electron chi connectivity index (χ1n) is 12.8. The van der Waals surface area contributed by atoms with Crippen molar-refractivity contribution in [2.45, 2.75) is 22.6 Å². The van der Waals surface area contributed by atoms with Crippen LogP contribution in [0.15, 0.2) is 82.7 Å². The van der Waals surface area contributed by atoms with Gasteiger partial charge in [0.05, 0.1) is 32.5 Å². The van der Waals surface area contributed by atoms with E-state index in [9.17, 15) is 0 Å². The molecule has 1 heterocycles. The van der Waals surface area contributed by atoms with Gasteiger partial charge in [0.2, 0.25) is 0 Å². The normalized spacial score (nSPS) is 10.5. The smallest absolute Gasteiger partial charge is 0.414 e. The van der Waals surface area contributed by atoms with Crippen molar-refractivity contribution in [3.63, 3.8) is 0 Å². The van der Waals surface area contributed by atoms with Crippen LogP contribution in [0.25, 0.3) is 10.9 Å². The first-order chi connectivity index (χ1) is 19.8. The molecule has 216 valence electrons. The largest absolute Gasteiger partial charge is 0.494 e. The maximum absolute atomic E-state index is 9.10. The lowest BCUT2D eigenvalue weighted by molar-refractivity contribution is -0.159. The zero-order valence-corrected chi connectivity index (χ0v) is 24.0. The van der Waals surface area contributed by atoms with Crippen LogP contribution in [0.5, 0.6) is 17.2 Å². The number of carboxylic acids is 2. The fourth-order valence-corrected chi connectivity index (χ4v) is 4.70. The molecular weight excluding hydrogens is 546 g/mol. The minimum Gasteiger partial charge on any atom is -0.494 e. The van der Waals surface area contributed by atoms with Gasteiger partial charge in [-0.1, -0.05) is 36.0 Å². The van der Waals surface area contributed by atoms with Crippen molar-refractivity contribution in [1.82, 2.24) is 15.1 Å². The van der Waals surface area contributed by atoms with Gasteiger partial charge in [0.15, 0.2) is 11.5 Å². The maximum Gasteiger partial charge on any atom is 0.414 e. The Morgan fingerprint density at radius 1 is 0.902 bits per heavy atom. The second kappa shape index (κ2) is 16.0. The number of benzene rings is 3. The molecule has 41 heavy (non-hydrogen) atoms. The highest BCUT2D eigenvalue weighted by Gasteiger charge is 2.07. The Morgan fingerprint density at radius 2 is 1.61 bits per heavy atom. The lowest BCUT2D eigenvalue weighted by Gasteiger charge is -2.17.